The van der Waals surface area contributed by atoms with E-state index in [2.05, 4.69) is 29.2 Å². The van der Waals surface area contributed by atoms with Gasteiger partial charge >= 0.3 is 0 Å². The van der Waals surface area contributed by atoms with Crippen LogP contribution in [0.2, 0.25) is 5.02 Å². The number of aromatic nitrogens is 2. The third-order valence-corrected chi connectivity index (χ3v) is 4.56. The van der Waals surface area contributed by atoms with Gasteiger partial charge in [-0.3, -0.25) is 9.58 Å². The molecule has 0 aromatic carbocycles. The van der Waals surface area contributed by atoms with Gasteiger partial charge in [0, 0.05) is 26.2 Å². The lowest BCUT2D eigenvalue weighted by molar-refractivity contribution is 0.260. The summed E-state index contributed by atoms with van der Waals surface area (Å²) < 4.78 is 2.03. The maximum absolute atomic E-state index is 6.38. The van der Waals surface area contributed by atoms with Crippen LogP contribution < -0.4 is 5.32 Å². The fourth-order valence-corrected chi connectivity index (χ4v) is 3.26. The van der Waals surface area contributed by atoms with Gasteiger partial charge in [0.05, 0.1) is 16.4 Å². The van der Waals surface area contributed by atoms with Crippen molar-refractivity contribution in [1.82, 2.24) is 20.0 Å². The summed E-state index contributed by atoms with van der Waals surface area (Å²) in [5, 5.41) is 8.63. The molecule has 2 rings (SSSR count). The summed E-state index contributed by atoms with van der Waals surface area (Å²) in [5.74, 6) is 0. The molecular formula is C14H25ClN4. The standard InChI is InChI=1S/C14H25ClN4/c1-5-19-12(13(15)11(2)17-19)8-18-7-6-14(3,10-18)9-16-4/h16H,5-10H2,1-4H3. The molecule has 0 spiro atoms. The van der Waals surface area contributed by atoms with Crippen LogP contribution >= 0.6 is 11.6 Å². The Kier molecular flexibility index (Phi) is 4.54. The Bertz CT molecular complexity index is 443. The largest absolute Gasteiger partial charge is 0.319 e. The van der Waals surface area contributed by atoms with Crippen LogP contribution in [0.5, 0.6) is 0 Å². The molecule has 2 heterocycles. The Labute approximate surface area is 121 Å². The SMILES string of the molecule is CCn1nc(C)c(Cl)c1CN1CCC(C)(CNC)C1. The van der Waals surface area contributed by atoms with Crippen molar-refractivity contribution in [1.29, 1.82) is 0 Å². The fraction of sp³-hybridized carbons (Fsp3) is 0.786. The quantitative estimate of drug-likeness (QED) is 0.901. The molecule has 0 amide bonds. The van der Waals surface area contributed by atoms with Crippen LogP contribution in [0, 0.1) is 12.3 Å². The van der Waals surface area contributed by atoms with Gasteiger partial charge in [-0.05, 0) is 39.3 Å². The van der Waals surface area contributed by atoms with Crippen LogP contribution in [0.25, 0.3) is 0 Å². The van der Waals surface area contributed by atoms with Crippen LogP contribution in [-0.4, -0.2) is 41.4 Å². The summed E-state index contributed by atoms with van der Waals surface area (Å²) in [7, 11) is 2.03. The first-order valence-electron chi connectivity index (χ1n) is 7.08. The number of hydrogen-bond acceptors (Lipinski definition) is 3. The highest BCUT2D eigenvalue weighted by Crippen LogP contribution is 2.31. The average Bonchev–Trinajstić information content (AvgIpc) is 2.85. The summed E-state index contributed by atoms with van der Waals surface area (Å²) in [6, 6.07) is 0. The Hall–Kier alpha value is -0.580. The van der Waals surface area contributed by atoms with E-state index in [1.54, 1.807) is 0 Å². The zero-order valence-corrected chi connectivity index (χ0v) is 13.2. The Balaban J connectivity index is 2.07. The average molecular weight is 285 g/mol. The van der Waals surface area contributed by atoms with Crippen LogP contribution in [-0.2, 0) is 13.1 Å². The highest BCUT2D eigenvalue weighted by molar-refractivity contribution is 6.31. The number of likely N-dealkylation sites (tertiary alicyclic amines) is 1. The number of hydrogen-bond donors (Lipinski definition) is 1. The van der Waals surface area contributed by atoms with Crippen molar-refractivity contribution < 1.29 is 0 Å². The molecule has 0 bridgehead atoms. The summed E-state index contributed by atoms with van der Waals surface area (Å²) in [4.78, 5) is 2.49. The lowest BCUT2D eigenvalue weighted by Gasteiger charge is -2.24. The van der Waals surface area contributed by atoms with Gasteiger partial charge in [-0.15, -0.1) is 0 Å². The van der Waals surface area contributed by atoms with E-state index < -0.39 is 0 Å². The molecule has 4 nitrogen and oxygen atoms in total. The van der Waals surface area contributed by atoms with Crippen LogP contribution in [0.3, 0.4) is 0 Å². The van der Waals surface area contributed by atoms with E-state index in [-0.39, 0.29) is 0 Å². The summed E-state index contributed by atoms with van der Waals surface area (Å²) in [5.41, 5.74) is 2.49. The molecule has 1 atom stereocenters. The molecule has 1 aliphatic rings. The number of nitrogens with zero attached hydrogens (tertiary/aromatic N) is 3. The minimum atomic E-state index is 0.382. The van der Waals surface area contributed by atoms with Gasteiger partial charge in [-0.2, -0.15) is 5.10 Å². The second kappa shape index (κ2) is 5.81. The maximum atomic E-state index is 6.38. The first kappa shape index (κ1) is 14.8. The predicted molar refractivity (Wildman–Crippen MR) is 79.6 cm³/mol. The Morgan fingerprint density at radius 3 is 2.84 bits per heavy atom. The Morgan fingerprint density at radius 2 is 2.21 bits per heavy atom. The van der Waals surface area contributed by atoms with E-state index in [1.807, 2.05) is 18.7 Å². The first-order chi connectivity index (χ1) is 8.99. The highest BCUT2D eigenvalue weighted by atomic mass is 35.5. The van der Waals surface area contributed by atoms with E-state index in [0.717, 1.165) is 49.1 Å². The van der Waals surface area contributed by atoms with Crippen LogP contribution in [0.1, 0.15) is 31.7 Å². The number of halogens is 1. The van der Waals surface area contributed by atoms with Crippen molar-refractivity contribution in [2.24, 2.45) is 5.41 Å². The van der Waals surface area contributed by atoms with Gasteiger partial charge in [-0.25, -0.2) is 0 Å². The molecule has 1 saturated heterocycles. The van der Waals surface area contributed by atoms with E-state index in [4.69, 9.17) is 11.6 Å². The van der Waals surface area contributed by atoms with Gasteiger partial charge in [0.2, 0.25) is 0 Å². The minimum Gasteiger partial charge on any atom is -0.319 e. The van der Waals surface area contributed by atoms with Gasteiger partial charge in [0.15, 0.2) is 0 Å². The zero-order chi connectivity index (χ0) is 14.0. The monoisotopic (exact) mass is 284 g/mol. The highest BCUT2D eigenvalue weighted by Gasteiger charge is 2.33. The lowest BCUT2D eigenvalue weighted by atomic mass is 9.90. The zero-order valence-electron chi connectivity index (χ0n) is 12.5. The van der Waals surface area contributed by atoms with Gasteiger partial charge in [0.1, 0.15) is 0 Å². The summed E-state index contributed by atoms with van der Waals surface area (Å²) >= 11 is 6.38. The number of rotatable bonds is 5. The topological polar surface area (TPSA) is 33.1 Å². The molecule has 1 aliphatic heterocycles. The maximum Gasteiger partial charge on any atom is 0.0860 e. The van der Waals surface area contributed by atoms with Crippen LogP contribution in [0.4, 0.5) is 0 Å². The molecule has 1 N–H and O–H groups in total. The third-order valence-electron chi connectivity index (χ3n) is 4.07. The van der Waals surface area contributed by atoms with Gasteiger partial charge in [-0.1, -0.05) is 18.5 Å². The van der Waals surface area contributed by atoms with E-state index in [0.29, 0.717) is 5.41 Å². The third kappa shape index (κ3) is 3.12. The second-order valence-electron chi connectivity index (χ2n) is 5.96. The second-order valence-corrected chi connectivity index (χ2v) is 6.34. The summed E-state index contributed by atoms with van der Waals surface area (Å²) in [6.45, 7) is 11.6. The molecule has 108 valence electrons. The summed E-state index contributed by atoms with van der Waals surface area (Å²) in [6.07, 6.45) is 1.24. The van der Waals surface area contributed by atoms with Crippen molar-refractivity contribution in [3.05, 3.63) is 16.4 Å². The van der Waals surface area contributed by atoms with E-state index >= 15 is 0 Å². The van der Waals surface area contributed by atoms with Crippen molar-refractivity contribution >= 4 is 11.6 Å². The fourth-order valence-electron chi connectivity index (χ4n) is 3.06. The first-order valence-corrected chi connectivity index (χ1v) is 7.45. The smallest absolute Gasteiger partial charge is 0.0860 e. The van der Waals surface area contributed by atoms with Crippen LogP contribution in [0.15, 0.2) is 0 Å². The predicted octanol–water partition coefficient (Wildman–Crippen LogP) is 2.30. The van der Waals surface area contributed by atoms with Gasteiger partial charge in [0.25, 0.3) is 0 Å². The van der Waals surface area contributed by atoms with E-state index in [9.17, 15) is 0 Å². The number of nitrogens with one attached hydrogen (secondary N) is 1. The normalized spacial score (nSPS) is 24.3. The van der Waals surface area contributed by atoms with Gasteiger partial charge < -0.3 is 5.32 Å². The molecule has 1 fully saturated rings. The number of aryl methyl sites for hydroxylation is 2. The van der Waals surface area contributed by atoms with Crippen molar-refractivity contribution in [3.8, 4) is 0 Å². The van der Waals surface area contributed by atoms with Crippen molar-refractivity contribution in [2.75, 3.05) is 26.7 Å². The Morgan fingerprint density at radius 1 is 1.47 bits per heavy atom. The minimum absolute atomic E-state index is 0.382. The molecule has 5 heteroatoms. The molecule has 0 radical (unpaired) electrons. The molecule has 1 unspecified atom stereocenters. The molecule has 1 aromatic heterocycles. The molecule has 19 heavy (non-hydrogen) atoms. The molecule has 0 aliphatic carbocycles. The van der Waals surface area contributed by atoms with Crippen molar-refractivity contribution in [2.45, 2.75) is 40.3 Å². The lowest BCUT2D eigenvalue weighted by Crippen LogP contribution is -2.33. The van der Waals surface area contributed by atoms with Crippen molar-refractivity contribution in [3.63, 3.8) is 0 Å². The van der Waals surface area contributed by atoms with E-state index in [1.165, 1.54) is 6.42 Å². The molecule has 0 saturated carbocycles. The molecule has 1 aromatic rings. The molecular weight excluding hydrogens is 260 g/mol.